The third-order valence-electron chi connectivity index (χ3n) is 4.93. The molecule has 10 heteroatoms. The lowest BCUT2D eigenvalue weighted by atomic mass is 10.1. The first-order valence-corrected chi connectivity index (χ1v) is 11.0. The van der Waals surface area contributed by atoms with Gasteiger partial charge in [0.2, 0.25) is 5.91 Å². The average Bonchev–Trinajstić information content (AvgIpc) is 2.82. The quantitative estimate of drug-likeness (QED) is 0.238. The van der Waals surface area contributed by atoms with E-state index < -0.39 is 29.0 Å². The van der Waals surface area contributed by atoms with E-state index >= 15 is 0 Å². The summed E-state index contributed by atoms with van der Waals surface area (Å²) in [5.41, 5.74) is -1.04. The van der Waals surface area contributed by atoms with Gasteiger partial charge in [0.05, 0.1) is 27.9 Å². The molecule has 0 aliphatic heterocycles. The number of para-hydroxylation sites is 2. The van der Waals surface area contributed by atoms with E-state index in [1.807, 2.05) is 0 Å². The number of fused-ring (bicyclic) bond motifs is 1. The van der Waals surface area contributed by atoms with Crippen LogP contribution in [0.15, 0.2) is 82.7 Å². The Balaban J connectivity index is 1.67. The van der Waals surface area contributed by atoms with Gasteiger partial charge in [-0.2, -0.15) is 13.2 Å². The number of nitrogens with zero attached hydrogens (tertiary/aromatic N) is 2. The van der Waals surface area contributed by atoms with Crippen LogP contribution in [0.3, 0.4) is 0 Å². The summed E-state index contributed by atoms with van der Waals surface area (Å²) >= 11 is 0.848. The predicted octanol–water partition coefficient (Wildman–Crippen LogP) is 4.95. The van der Waals surface area contributed by atoms with Gasteiger partial charge in [-0.05, 0) is 42.0 Å². The van der Waals surface area contributed by atoms with Crippen LogP contribution in [0.4, 0.5) is 17.6 Å². The van der Waals surface area contributed by atoms with Gasteiger partial charge in [0, 0.05) is 6.54 Å². The summed E-state index contributed by atoms with van der Waals surface area (Å²) in [7, 11) is 0. The number of hydrogen-bond acceptors (Lipinski definition) is 4. The van der Waals surface area contributed by atoms with Gasteiger partial charge >= 0.3 is 6.18 Å². The van der Waals surface area contributed by atoms with Crippen molar-refractivity contribution in [1.29, 1.82) is 0 Å². The van der Waals surface area contributed by atoms with Crippen molar-refractivity contribution in [2.75, 3.05) is 5.75 Å². The van der Waals surface area contributed by atoms with Crippen molar-refractivity contribution in [3.05, 3.63) is 100 Å². The molecule has 3 aromatic carbocycles. The molecule has 34 heavy (non-hydrogen) atoms. The smallest absolute Gasteiger partial charge is 0.351 e. The lowest BCUT2D eigenvalue weighted by molar-refractivity contribution is -0.137. The van der Waals surface area contributed by atoms with E-state index in [4.69, 9.17) is 0 Å². The molecule has 0 unspecified atom stereocenters. The molecule has 0 aliphatic carbocycles. The molecule has 0 aliphatic rings. The fourth-order valence-corrected chi connectivity index (χ4v) is 4.15. The van der Waals surface area contributed by atoms with Crippen molar-refractivity contribution in [3.8, 4) is 5.69 Å². The number of alkyl halides is 3. The zero-order valence-electron chi connectivity index (χ0n) is 17.5. The monoisotopic (exact) mass is 487 g/mol. The van der Waals surface area contributed by atoms with Crippen molar-refractivity contribution in [3.63, 3.8) is 0 Å². The standard InChI is InChI=1S/C24H17F4N3O2S/c25-16-11-9-15(10-12-16)13-29-21(32)14-34-23-30-19-7-3-1-5-17(19)22(33)31(23)20-8-4-2-6-18(20)24(26,27)28/h1-12H,13-14H2,(H,29,32). The Bertz CT molecular complexity index is 1400. The Morgan fingerprint density at radius 1 is 0.971 bits per heavy atom. The van der Waals surface area contributed by atoms with Gasteiger partial charge in [-0.25, -0.2) is 9.37 Å². The van der Waals surface area contributed by atoms with Crippen LogP contribution in [-0.2, 0) is 17.5 Å². The Morgan fingerprint density at radius 3 is 2.38 bits per heavy atom. The number of aromatic nitrogens is 2. The largest absolute Gasteiger partial charge is 0.418 e. The summed E-state index contributed by atoms with van der Waals surface area (Å²) in [6, 6.07) is 16.6. The number of amides is 1. The van der Waals surface area contributed by atoms with Gasteiger partial charge in [0.1, 0.15) is 5.82 Å². The zero-order chi connectivity index (χ0) is 24.3. The highest BCUT2D eigenvalue weighted by Crippen LogP contribution is 2.34. The van der Waals surface area contributed by atoms with E-state index in [0.29, 0.717) is 11.1 Å². The number of thioether (sulfide) groups is 1. The minimum absolute atomic E-state index is 0.0441. The van der Waals surface area contributed by atoms with E-state index in [2.05, 4.69) is 10.3 Å². The van der Waals surface area contributed by atoms with Crippen LogP contribution in [0.25, 0.3) is 16.6 Å². The maximum Gasteiger partial charge on any atom is 0.418 e. The Morgan fingerprint density at radius 2 is 1.65 bits per heavy atom. The Labute approximate surface area is 195 Å². The van der Waals surface area contributed by atoms with Gasteiger partial charge in [-0.15, -0.1) is 0 Å². The summed E-state index contributed by atoms with van der Waals surface area (Å²) in [6.45, 7) is 0.147. The normalized spacial score (nSPS) is 11.5. The molecule has 1 heterocycles. The van der Waals surface area contributed by atoms with Crippen molar-refractivity contribution in [2.45, 2.75) is 17.9 Å². The second-order valence-corrected chi connectivity index (χ2v) is 8.20. The van der Waals surface area contributed by atoms with Gasteiger partial charge in [-0.1, -0.05) is 48.2 Å². The lowest BCUT2D eigenvalue weighted by Gasteiger charge is -2.17. The van der Waals surface area contributed by atoms with Crippen molar-refractivity contribution >= 4 is 28.6 Å². The van der Waals surface area contributed by atoms with Crippen molar-refractivity contribution in [2.24, 2.45) is 0 Å². The minimum Gasteiger partial charge on any atom is -0.351 e. The van der Waals surface area contributed by atoms with Crippen LogP contribution < -0.4 is 10.9 Å². The molecule has 4 aromatic rings. The van der Waals surface area contributed by atoms with E-state index in [-0.39, 0.29) is 28.5 Å². The van der Waals surface area contributed by atoms with Crippen LogP contribution >= 0.6 is 11.8 Å². The predicted molar refractivity (Wildman–Crippen MR) is 121 cm³/mol. The fourth-order valence-electron chi connectivity index (χ4n) is 3.31. The SMILES string of the molecule is O=C(CSc1nc2ccccc2c(=O)n1-c1ccccc1C(F)(F)F)NCc1ccc(F)cc1. The topological polar surface area (TPSA) is 64.0 Å². The molecule has 0 atom stereocenters. The summed E-state index contributed by atoms with van der Waals surface area (Å²) in [6.07, 6.45) is -4.70. The van der Waals surface area contributed by atoms with Crippen molar-refractivity contribution in [1.82, 2.24) is 14.9 Å². The first kappa shape index (κ1) is 23.5. The van der Waals surface area contributed by atoms with Gasteiger partial charge < -0.3 is 5.32 Å². The number of carbonyl (C=O) groups is 1. The van der Waals surface area contributed by atoms with E-state index in [1.54, 1.807) is 18.2 Å². The van der Waals surface area contributed by atoms with Gasteiger partial charge in [0.25, 0.3) is 5.56 Å². The molecule has 1 amide bonds. The first-order chi connectivity index (χ1) is 16.2. The highest BCUT2D eigenvalue weighted by molar-refractivity contribution is 7.99. The Kier molecular flexibility index (Phi) is 6.69. The first-order valence-electron chi connectivity index (χ1n) is 10.1. The third kappa shape index (κ3) is 5.12. The molecular formula is C24H17F4N3O2S. The average molecular weight is 487 g/mol. The second kappa shape index (κ2) is 9.68. The number of rotatable bonds is 6. The fraction of sp³-hybridized carbons (Fsp3) is 0.125. The van der Waals surface area contributed by atoms with Crippen LogP contribution in [0.5, 0.6) is 0 Å². The molecule has 0 radical (unpaired) electrons. The third-order valence-corrected chi connectivity index (χ3v) is 5.87. The molecule has 174 valence electrons. The molecule has 0 saturated heterocycles. The number of halogens is 4. The van der Waals surface area contributed by atoms with E-state index in [1.165, 1.54) is 48.5 Å². The second-order valence-electron chi connectivity index (χ2n) is 7.26. The van der Waals surface area contributed by atoms with Crippen LogP contribution in [-0.4, -0.2) is 21.2 Å². The molecule has 0 spiro atoms. The van der Waals surface area contributed by atoms with Gasteiger partial charge in [0.15, 0.2) is 5.16 Å². The molecule has 0 fully saturated rings. The molecule has 1 N–H and O–H groups in total. The summed E-state index contributed by atoms with van der Waals surface area (Å²) < 4.78 is 55.0. The summed E-state index contributed by atoms with van der Waals surface area (Å²) in [5.74, 6) is -1.02. The number of benzene rings is 3. The maximum atomic E-state index is 13.7. The number of carbonyl (C=O) groups excluding carboxylic acids is 1. The highest BCUT2D eigenvalue weighted by atomic mass is 32.2. The van der Waals surface area contributed by atoms with Crippen LogP contribution in [0, 0.1) is 5.82 Å². The molecular weight excluding hydrogens is 470 g/mol. The summed E-state index contributed by atoms with van der Waals surface area (Å²) in [5, 5.41) is 2.77. The van der Waals surface area contributed by atoms with E-state index in [9.17, 15) is 27.2 Å². The highest BCUT2D eigenvalue weighted by Gasteiger charge is 2.34. The van der Waals surface area contributed by atoms with Crippen molar-refractivity contribution < 1.29 is 22.4 Å². The number of nitrogens with one attached hydrogen (secondary N) is 1. The van der Waals surface area contributed by atoms with E-state index in [0.717, 1.165) is 22.4 Å². The zero-order valence-corrected chi connectivity index (χ0v) is 18.3. The maximum absolute atomic E-state index is 13.7. The number of hydrogen-bond donors (Lipinski definition) is 1. The molecule has 5 nitrogen and oxygen atoms in total. The molecule has 4 rings (SSSR count). The van der Waals surface area contributed by atoms with Crippen LogP contribution in [0.2, 0.25) is 0 Å². The lowest BCUT2D eigenvalue weighted by Crippen LogP contribution is -2.27. The minimum atomic E-state index is -4.70. The Hall–Kier alpha value is -3.66. The van der Waals surface area contributed by atoms with Crippen LogP contribution in [0.1, 0.15) is 11.1 Å². The summed E-state index contributed by atoms with van der Waals surface area (Å²) in [4.78, 5) is 30.0. The molecule has 0 saturated carbocycles. The van der Waals surface area contributed by atoms with Gasteiger partial charge in [-0.3, -0.25) is 14.2 Å². The molecule has 1 aromatic heterocycles. The molecule has 0 bridgehead atoms.